The number of carbonyl (C=O) groups is 3. The van der Waals surface area contributed by atoms with E-state index in [2.05, 4.69) is 26.3 Å². The number of carbonyl (C=O) groups excluding carboxylic acids is 3. The van der Waals surface area contributed by atoms with Crippen LogP contribution in [0.15, 0.2) is 10.7 Å². The van der Waals surface area contributed by atoms with Gasteiger partial charge in [0.15, 0.2) is 0 Å². The van der Waals surface area contributed by atoms with E-state index in [-0.39, 0.29) is 22.0 Å². The van der Waals surface area contributed by atoms with E-state index in [1.54, 1.807) is 13.8 Å². The molecule has 8 nitrogen and oxygen atoms in total. The third kappa shape index (κ3) is 3.74. The molecule has 0 unspecified atom stereocenters. The number of amides is 2. The second-order valence-electron chi connectivity index (χ2n) is 4.96. The summed E-state index contributed by atoms with van der Waals surface area (Å²) in [4.78, 5) is 36.6. The molecule has 0 atom stereocenters. The lowest BCUT2D eigenvalue weighted by Crippen LogP contribution is -2.19. The highest BCUT2D eigenvalue weighted by Gasteiger charge is 2.27. The monoisotopic (exact) mass is 428 g/mol. The summed E-state index contributed by atoms with van der Waals surface area (Å²) >= 11 is 4.22. The molecular weight excluding hydrogens is 412 g/mol. The van der Waals surface area contributed by atoms with Gasteiger partial charge < -0.3 is 15.8 Å². The number of nitrogens with two attached hydrogens (primary N) is 1. The van der Waals surface area contributed by atoms with Crippen molar-refractivity contribution in [2.24, 2.45) is 5.73 Å². The van der Waals surface area contributed by atoms with Gasteiger partial charge in [-0.1, -0.05) is 0 Å². The van der Waals surface area contributed by atoms with Gasteiger partial charge in [-0.15, -0.1) is 11.3 Å². The molecule has 0 saturated heterocycles. The normalized spacial score (nSPS) is 10.6. The van der Waals surface area contributed by atoms with Crippen LogP contribution in [-0.2, 0) is 11.3 Å². The van der Waals surface area contributed by atoms with Crippen molar-refractivity contribution in [2.45, 2.75) is 27.3 Å². The fourth-order valence-electron chi connectivity index (χ4n) is 2.28. The average molecular weight is 429 g/mol. The van der Waals surface area contributed by atoms with Crippen molar-refractivity contribution >= 4 is 50.1 Å². The first-order valence-electron chi connectivity index (χ1n) is 7.44. The Morgan fingerprint density at radius 3 is 2.64 bits per heavy atom. The number of ether oxygens (including phenoxy) is 1. The molecule has 0 spiro atoms. The largest absolute Gasteiger partial charge is 0.462 e. The van der Waals surface area contributed by atoms with Crippen molar-refractivity contribution in [3.8, 4) is 0 Å². The summed E-state index contributed by atoms with van der Waals surface area (Å²) in [6.07, 6.45) is 1.51. The highest BCUT2D eigenvalue weighted by molar-refractivity contribution is 9.10. The number of esters is 1. The van der Waals surface area contributed by atoms with E-state index >= 15 is 0 Å². The summed E-state index contributed by atoms with van der Waals surface area (Å²) in [5.41, 5.74) is 6.18. The Bertz CT molecular complexity index is 843. The number of thiophene rings is 1. The Morgan fingerprint density at radius 1 is 1.40 bits per heavy atom. The first-order chi connectivity index (χ1) is 11.8. The van der Waals surface area contributed by atoms with Gasteiger partial charge >= 0.3 is 5.97 Å². The van der Waals surface area contributed by atoms with Gasteiger partial charge in [-0.3, -0.25) is 14.3 Å². The quantitative estimate of drug-likeness (QED) is 0.685. The van der Waals surface area contributed by atoms with Crippen LogP contribution < -0.4 is 11.1 Å². The number of hydrogen-bond acceptors (Lipinski definition) is 6. The number of primary amides is 1. The number of rotatable bonds is 6. The van der Waals surface area contributed by atoms with Gasteiger partial charge in [0.25, 0.3) is 11.8 Å². The first-order valence-corrected chi connectivity index (χ1v) is 9.05. The van der Waals surface area contributed by atoms with E-state index in [9.17, 15) is 14.4 Å². The maximum atomic E-state index is 12.6. The number of nitrogens with one attached hydrogen (secondary N) is 1. The van der Waals surface area contributed by atoms with Crippen molar-refractivity contribution in [2.75, 3.05) is 11.9 Å². The molecule has 2 heterocycles. The Hall–Kier alpha value is -2.20. The summed E-state index contributed by atoms with van der Waals surface area (Å²) < 4.78 is 7.05. The molecule has 0 radical (unpaired) electrons. The Balaban J connectivity index is 2.46. The van der Waals surface area contributed by atoms with Crippen LogP contribution in [-0.4, -0.2) is 34.2 Å². The van der Waals surface area contributed by atoms with Crippen LogP contribution in [0.4, 0.5) is 5.00 Å². The second kappa shape index (κ2) is 7.79. The minimum Gasteiger partial charge on any atom is -0.462 e. The van der Waals surface area contributed by atoms with E-state index in [1.807, 2.05) is 6.92 Å². The smallest absolute Gasteiger partial charge is 0.341 e. The third-order valence-corrected chi connectivity index (χ3v) is 5.19. The predicted molar refractivity (Wildman–Crippen MR) is 97.1 cm³/mol. The van der Waals surface area contributed by atoms with Crippen molar-refractivity contribution < 1.29 is 19.1 Å². The minimum atomic E-state index is -0.673. The second-order valence-corrected chi connectivity index (χ2v) is 6.83. The van der Waals surface area contributed by atoms with Gasteiger partial charge in [-0.2, -0.15) is 5.10 Å². The number of anilines is 1. The molecular formula is C15H17BrN4O4S. The molecule has 10 heteroatoms. The number of hydrogen-bond donors (Lipinski definition) is 2. The molecule has 25 heavy (non-hydrogen) atoms. The first kappa shape index (κ1) is 19.1. The summed E-state index contributed by atoms with van der Waals surface area (Å²) in [7, 11) is 0. The van der Waals surface area contributed by atoms with Crippen LogP contribution in [0.3, 0.4) is 0 Å². The molecule has 0 saturated carbocycles. The minimum absolute atomic E-state index is 0.132. The summed E-state index contributed by atoms with van der Waals surface area (Å²) in [5, 5.41) is 6.96. The van der Waals surface area contributed by atoms with Gasteiger partial charge in [0.2, 0.25) is 0 Å². The van der Waals surface area contributed by atoms with E-state index in [0.717, 1.165) is 11.3 Å². The summed E-state index contributed by atoms with van der Waals surface area (Å²) in [5.74, 6) is -1.76. The summed E-state index contributed by atoms with van der Waals surface area (Å²) in [6, 6.07) is 0. The van der Waals surface area contributed by atoms with E-state index < -0.39 is 17.8 Å². The fraction of sp³-hybridized carbons (Fsp3) is 0.333. The van der Waals surface area contributed by atoms with Crippen molar-refractivity contribution in [1.82, 2.24) is 9.78 Å². The molecule has 2 aromatic rings. The van der Waals surface area contributed by atoms with Gasteiger partial charge in [-0.25, -0.2) is 4.79 Å². The zero-order valence-corrected chi connectivity index (χ0v) is 16.3. The SMILES string of the molecule is CCOC(=O)c1c(NC(=O)c2c(Br)cnn2CC)sc(C(N)=O)c1C. The predicted octanol–water partition coefficient (Wildman–Crippen LogP) is 2.56. The molecule has 3 N–H and O–H groups in total. The average Bonchev–Trinajstić information content (AvgIpc) is 3.07. The zero-order valence-electron chi connectivity index (χ0n) is 13.9. The molecule has 134 valence electrons. The molecule has 0 aliphatic carbocycles. The van der Waals surface area contributed by atoms with E-state index in [0.29, 0.717) is 22.3 Å². The number of halogens is 1. The Kier molecular flexibility index (Phi) is 5.96. The Morgan fingerprint density at radius 2 is 2.08 bits per heavy atom. The van der Waals surface area contributed by atoms with Gasteiger partial charge in [0.05, 0.1) is 27.7 Å². The zero-order chi connectivity index (χ0) is 18.7. The number of aromatic nitrogens is 2. The van der Waals surface area contributed by atoms with E-state index in [1.165, 1.54) is 10.9 Å². The molecule has 0 aromatic carbocycles. The maximum Gasteiger partial charge on any atom is 0.341 e. The molecule has 0 bridgehead atoms. The van der Waals surface area contributed by atoms with Gasteiger partial charge in [0, 0.05) is 6.54 Å². The van der Waals surface area contributed by atoms with Crippen molar-refractivity contribution in [3.05, 3.63) is 32.4 Å². The Labute approximate surface area is 156 Å². The molecule has 2 rings (SSSR count). The lowest BCUT2D eigenvalue weighted by atomic mass is 10.1. The van der Waals surface area contributed by atoms with Crippen LogP contribution in [0.2, 0.25) is 0 Å². The van der Waals surface area contributed by atoms with Crippen LogP contribution in [0.25, 0.3) is 0 Å². The fourth-order valence-corrected chi connectivity index (χ4v) is 3.79. The van der Waals surface area contributed by atoms with E-state index in [4.69, 9.17) is 10.5 Å². The molecule has 2 aromatic heterocycles. The van der Waals surface area contributed by atoms with Gasteiger partial charge in [0.1, 0.15) is 10.7 Å². The van der Waals surface area contributed by atoms with Crippen molar-refractivity contribution in [3.63, 3.8) is 0 Å². The molecule has 0 fully saturated rings. The highest BCUT2D eigenvalue weighted by atomic mass is 79.9. The standard InChI is InChI=1S/C15H17BrN4O4S/c1-4-20-10(8(16)6-18-20)13(22)19-14-9(15(23)24-5-2)7(3)11(25-14)12(17)21/h6H,4-5H2,1-3H3,(H2,17,21)(H,19,22). The summed E-state index contributed by atoms with van der Waals surface area (Å²) in [6.45, 7) is 5.77. The van der Waals surface area contributed by atoms with Gasteiger partial charge in [-0.05, 0) is 42.3 Å². The van der Waals surface area contributed by atoms with Crippen LogP contribution >= 0.6 is 27.3 Å². The maximum absolute atomic E-state index is 12.6. The number of aryl methyl sites for hydroxylation is 1. The highest BCUT2D eigenvalue weighted by Crippen LogP contribution is 2.34. The molecule has 0 aliphatic rings. The topological polar surface area (TPSA) is 116 Å². The lowest BCUT2D eigenvalue weighted by Gasteiger charge is -2.08. The van der Waals surface area contributed by atoms with Crippen LogP contribution in [0.5, 0.6) is 0 Å². The van der Waals surface area contributed by atoms with Crippen LogP contribution in [0, 0.1) is 6.92 Å². The number of nitrogens with zero attached hydrogens (tertiary/aromatic N) is 2. The molecule has 0 aliphatic heterocycles. The lowest BCUT2D eigenvalue weighted by molar-refractivity contribution is 0.0527. The molecule has 2 amide bonds. The van der Waals surface area contributed by atoms with Crippen LogP contribution in [0.1, 0.15) is 49.9 Å². The third-order valence-electron chi connectivity index (χ3n) is 3.39. The van der Waals surface area contributed by atoms with Crippen molar-refractivity contribution in [1.29, 1.82) is 0 Å².